The summed E-state index contributed by atoms with van der Waals surface area (Å²) < 4.78 is 5.78. The zero-order chi connectivity index (χ0) is 25.5. The summed E-state index contributed by atoms with van der Waals surface area (Å²) in [6.45, 7) is 5.26. The molecule has 190 valence electrons. The molecule has 0 saturated heterocycles. The predicted octanol–water partition coefficient (Wildman–Crippen LogP) is 4.83. The fraction of sp³-hybridized carbons (Fsp3) is 0.500. The fourth-order valence-electron chi connectivity index (χ4n) is 7.48. The van der Waals surface area contributed by atoms with Crippen molar-refractivity contribution in [2.45, 2.75) is 70.8 Å². The fourth-order valence-corrected chi connectivity index (χ4v) is 7.48. The number of carbonyl (C=O) groups is 3. The lowest BCUT2D eigenvalue weighted by atomic mass is 9.43. The van der Waals surface area contributed by atoms with Crippen LogP contribution in [0.15, 0.2) is 48.5 Å². The molecule has 4 bridgehead atoms. The van der Waals surface area contributed by atoms with E-state index in [1.807, 2.05) is 38.1 Å². The van der Waals surface area contributed by atoms with E-state index in [0.29, 0.717) is 11.8 Å². The van der Waals surface area contributed by atoms with Crippen molar-refractivity contribution in [2.24, 2.45) is 17.3 Å². The lowest BCUT2D eigenvalue weighted by Crippen LogP contribution is -2.57. The standard InChI is InChI=1S/C30H36N2O4/c1-19-8-7-9-20(2)26(19)32-25(33)17-31-27(34)21(3)36-28(35)30-15-22-12-23(16-30)14-29(13-22,18-30)24-10-5-4-6-11-24/h4-11,21-23H,12-18H2,1-3H3,(H,31,34)(H,32,33)/t21-,22-,23+,29?,30?/m0/s1. The van der Waals surface area contributed by atoms with E-state index >= 15 is 0 Å². The molecule has 5 atom stereocenters. The van der Waals surface area contributed by atoms with Crippen LogP contribution in [-0.2, 0) is 24.5 Å². The van der Waals surface area contributed by atoms with Crippen molar-refractivity contribution < 1.29 is 19.1 Å². The van der Waals surface area contributed by atoms with E-state index in [0.717, 1.165) is 48.9 Å². The van der Waals surface area contributed by atoms with Crippen LogP contribution < -0.4 is 10.6 Å². The molecule has 4 aliphatic carbocycles. The molecule has 2 aromatic rings. The third kappa shape index (κ3) is 4.54. The molecule has 36 heavy (non-hydrogen) atoms. The number of aryl methyl sites for hydroxylation is 2. The first-order valence-corrected chi connectivity index (χ1v) is 13.1. The summed E-state index contributed by atoms with van der Waals surface area (Å²) in [6, 6.07) is 16.4. The van der Waals surface area contributed by atoms with Crippen molar-refractivity contribution in [3.63, 3.8) is 0 Å². The number of carbonyl (C=O) groups excluding carboxylic acids is 3. The van der Waals surface area contributed by atoms with Crippen molar-refractivity contribution in [3.05, 3.63) is 65.2 Å². The zero-order valence-corrected chi connectivity index (χ0v) is 21.4. The van der Waals surface area contributed by atoms with Gasteiger partial charge < -0.3 is 15.4 Å². The van der Waals surface area contributed by atoms with Crippen LogP contribution in [0.2, 0.25) is 0 Å². The van der Waals surface area contributed by atoms with Gasteiger partial charge >= 0.3 is 5.97 Å². The van der Waals surface area contributed by atoms with Gasteiger partial charge in [0.1, 0.15) is 0 Å². The molecule has 0 radical (unpaired) electrons. The van der Waals surface area contributed by atoms with Gasteiger partial charge in [-0.05, 0) is 93.2 Å². The van der Waals surface area contributed by atoms with Gasteiger partial charge in [0.25, 0.3) is 5.91 Å². The highest BCUT2D eigenvalue weighted by molar-refractivity contribution is 5.96. The molecule has 0 heterocycles. The van der Waals surface area contributed by atoms with Crippen LogP contribution in [0.3, 0.4) is 0 Å². The number of hydrogen-bond donors (Lipinski definition) is 2. The van der Waals surface area contributed by atoms with E-state index in [1.54, 1.807) is 6.92 Å². The highest BCUT2D eigenvalue weighted by Gasteiger charge is 2.61. The second-order valence-corrected chi connectivity index (χ2v) is 11.5. The zero-order valence-electron chi connectivity index (χ0n) is 21.4. The molecule has 0 aromatic heterocycles. The Labute approximate surface area is 213 Å². The monoisotopic (exact) mass is 488 g/mol. The number of nitrogens with one attached hydrogen (secondary N) is 2. The van der Waals surface area contributed by atoms with Gasteiger partial charge in [-0.3, -0.25) is 14.4 Å². The van der Waals surface area contributed by atoms with Crippen LogP contribution >= 0.6 is 0 Å². The number of esters is 1. The van der Waals surface area contributed by atoms with Crippen LogP contribution in [0, 0.1) is 31.1 Å². The molecule has 2 amide bonds. The van der Waals surface area contributed by atoms with Gasteiger partial charge in [-0.15, -0.1) is 0 Å². The minimum absolute atomic E-state index is 0.0294. The summed E-state index contributed by atoms with van der Waals surface area (Å²) in [6.07, 6.45) is 5.00. The number of para-hydroxylation sites is 1. The molecule has 4 saturated carbocycles. The topological polar surface area (TPSA) is 84.5 Å². The highest BCUT2D eigenvalue weighted by atomic mass is 16.5. The SMILES string of the molecule is Cc1cccc(C)c1NC(=O)CNC(=O)[C@H](C)OC(=O)C12C[C@H]3C[C@@H](C1)CC(c1ccccc1)(C3)C2. The Morgan fingerprint density at radius 1 is 0.944 bits per heavy atom. The maximum Gasteiger partial charge on any atom is 0.312 e. The number of hydrogen-bond acceptors (Lipinski definition) is 4. The Morgan fingerprint density at radius 2 is 1.58 bits per heavy atom. The molecule has 2 N–H and O–H groups in total. The molecular formula is C30H36N2O4. The predicted molar refractivity (Wildman–Crippen MR) is 138 cm³/mol. The van der Waals surface area contributed by atoms with Crippen molar-refractivity contribution >= 4 is 23.5 Å². The number of amides is 2. The lowest BCUT2D eigenvalue weighted by Gasteiger charge is -2.61. The normalized spacial score (nSPS) is 28.9. The van der Waals surface area contributed by atoms with Gasteiger partial charge in [-0.2, -0.15) is 0 Å². The average molecular weight is 489 g/mol. The Balaban J connectivity index is 1.20. The van der Waals surface area contributed by atoms with Gasteiger partial charge in [-0.25, -0.2) is 0 Å². The molecule has 0 aliphatic heterocycles. The third-order valence-corrected chi connectivity index (χ3v) is 8.70. The number of ether oxygens (including phenoxy) is 1. The maximum absolute atomic E-state index is 13.6. The van der Waals surface area contributed by atoms with Crippen molar-refractivity contribution in [3.8, 4) is 0 Å². The van der Waals surface area contributed by atoms with Crippen molar-refractivity contribution in [2.75, 3.05) is 11.9 Å². The Morgan fingerprint density at radius 3 is 2.22 bits per heavy atom. The molecule has 2 unspecified atom stereocenters. The first-order valence-electron chi connectivity index (χ1n) is 13.1. The minimum Gasteiger partial charge on any atom is -0.452 e. The van der Waals surface area contributed by atoms with E-state index in [9.17, 15) is 14.4 Å². The van der Waals surface area contributed by atoms with E-state index < -0.39 is 17.4 Å². The van der Waals surface area contributed by atoms with Gasteiger partial charge in [0.15, 0.2) is 6.10 Å². The van der Waals surface area contributed by atoms with E-state index in [1.165, 1.54) is 12.0 Å². The van der Waals surface area contributed by atoms with Gasteiger partial charge in [-0.1, -0.05) is 48.5 Å². The Hall–Kier alpha value is -3.15. The Kier molecular flexibility index (Phi) is 6.39. The molecule has 6 nitrogen and oxygen atoms in total. The van der Waals surface area contributed by atoms with Crippen LogP contribution in [0.5, 0.6) is 0 Å². The molecule has 2 aromatic carbocycles. The van der Waals surface area contributed by atoms with Gasteiger partial charge in [0.05, 0.1) is 12.0 Å². The number of benzene rings is 2. The third-order valence-electron chi connectivity index (χ3n) is 8.70. The lowest BCUT2D eigenvalue weighted by molar-refractivity contribution is -0.180. The van der Waals surface area contributed by atoms with Crippen LogP contribution in [0.25, 0.3) is 0 Å². The molecule has 4 fully saturated rings. The van der Waals surface area contributed by atoms with Gasteiger partial charge in [0, 0.05) is 5.69 Å². The smallest absolute Gasteiger partial charge is 0.312 e. The largest absolute Gasteiger partial charge is 0.452 e. The highest BCUT2D eigenvalue weighted by Crippen LogP contribution is 2.66. The molecule has 6 heteroatoms. The van der Waals surface area contributed by atoms with E-state index in [-0.39, 0.29) is 23.8 Å². The molecule has 0 spiro atoms. The number of anilines is 1. The number of rotatable bonds is 7. The average Bonchev–Trinajstić information content (AvgIpc) is 2.84. The maximum atomic E-state index is 13.6. The molecular weight excluding hydrogens is 452 g/mol. The van der Waals surface area contributed by atoms with E-state index in [2.05, 4.69) is 34.9 Å². The molecule has 6 rings (SSSR count). The summed E-state index contributed by atoms with van der Waals surface area (Å²) in [7, 11) is 0. The first-order chi connectivity index (χ1) is 17.2. The van der Waals surface area contributed by atoms with Crippen LogP contribution in [-0.4, -0.2) is 30.4 Å². The van der Waals surface area contributed by atoms with E-state index in [4.69, 9.17) is 4.74 Å². The summed E-state index contributed by atoms with van der Waals surface area (Å²) in [5.41, 5.74) is 3.51. The summed E-state index contributed by atoms with van der Waals surface area (Å²) in [4.78, 5) is 38.7. The minimum atomic E-state index is -0.953. The van der Waals surface area contributed by atoms with Crippen LogP contribution in [0.4, 0.5) is 5.69 Å². The first kappa shape index (κ1) is 24.5. The second kappa shape index (κ2) is 9.38. The second-order valence-electron chi connectivity index (χ2n) is 11.5. The van der Waals surface area contributed by atoms with Crippen molar-refractivity contribution in [1.82, 2.24) is 5.32 Å². The van der Waals surface area contributed by atoms with Crippen LogP contribution in [0.1, 0.15) is 62.1 Å². The van der Waals surface area contributed by atoms with Gasteiger partial charge in [0.2, 0.25) is 5.91 Å². The Bertz CT molecular complexity index is 1140. The molecule has 4 aliphatic rings. The quantitative estimate of drug-likeness (QED) is 0.547. The summed E-state index contributed by atoms with van der Waals surface area (Å²) in [5, 5.41) is 5.49. The summed E-state index contributed by atoms with van der Waals surface area (Å²) >= 11 is 0. The summed E-state index contributed by atoms with van der Waals surface area (Å²) in [5.74, 6) is 0.0284. The van der Waals surface area contributed by atoms with Crippen molar-refractivity contribution in [1.29, 1.82) is 0 Å².